The molecule has 1 heterocycles. The summed E-state index contributed by atoms with van der Waals surface area (Å²) in [7, 11) is -5.71. The molecule has 24 heavy (non-hydrogen) atoms. The molecule has 0 radical (unpaired) electrons. The van der Waals surface area contributed by atoms with Crippen LogP contribution in [0.4, 0.5) is 13.2 Å². The maximum atomic E-state index is 12.6. The minimum absolute atomic E-state index is 0.221. The molecule has 1 unspecified atom stereocenters. The van der Waals surface area contributed by atoms with Crippen LogP contribution >= 0.6 is 11.8 Å². The van der Waals surface area contributed by atoms with E-state index in [2.05, 4.69) is 4.18 Å². The highest BCUT2D eigenvalue weighted by atomic mass is 32.2. The molecule has 4 nitrogen and oxygen atoms in total. The van der Waals surface area contributed by atoms with Gasteiger partial charge in [0.2, 0.25) is 0 Å². The van der Waals surface area contributed by atoms with E-state index < -0.39 is 21.7 Å². The summed E-state index contributed by atoms with van der Waals surface area (Å²) < 4.78 is 63.8. The number of halogens is 3. The molecule has 1 atom stereocenters. The molecule has 0 saturated heterocycles. The molecule has 0 N–H and O–H groups in total. The molecule has 3 rings (SSSR count). The van der Waals surface area contributed by atoms with Crippen LogP contribution in [-0.4, -0.2) is 25.8 Å². The molecule has 9 heteroatoms. The molecule has 1 aromatic rings. The molecule has 1 aliphatic heterocycles. The molecule has 1 aromatic carbocycles. The summed E-state index contributed by atoms with van der Waals surface area (Å²) in [5.41, 5.74) is -3.92. The van der Waals surface area contributed by atoms with Crippen molar-refractivity contribution in [3.8, 4) is 0 Å². The highest BCUT2D eigenvalue weighted by Gasteiger charge is 2.48. The predicted molar refractivity (Wildman–Crippen MR) is 82.7 cm³/mol. The van der Waals surface area contributed by atoms with Crippen molar-refractivity contribution >= 4 is 27.7 Å². The summed E-state index contributed by atoms with van der Waals surface area (Å²) in [6, 6.07) is 6.96. The summed E-state index contributed by atoms with van der Waals surface area (Å²) in [6.07, 6.45) is 1.11. The van der Waals surface area contributed by atoms with Crippen LogP contribution < -0.4 is 0 Å². The van der Waals surface area contributed by atoms with E-state index in [1.807, 2.05) is 6.07 Å². The lowest BCUT2D eigenvalue weighted by Gasteiger charge is -2.21. The van der Waals surface area contributed by atoms with Crippen molar-refractivity contribution in [2.45, 2.75) is 23.8 Å². The predicted octanol–water partition coefficient (Wildman–Crippen LogP) is 3.56. The number of rotatable bonds is 2. The quantitative estimate of drug-likeness (QED) is 0.583. The average molecular weight is 376 g/mol. The van der Waals surface area contributed by atoms with E-state index in [4.69, 9.17) is 0 Å². The molecule has 0 spiro atoms. The van der Waals surface area contributed by atoms with Gasteiger partial charge in [-0.05, 0) is 11.6 Å². The summed E-state index contributed by atoms with van der Waals surface area (Å²) in [5.74, 6) is 0.241. The van der Waals surface area contributed by atoms with Crippen molar-refractivity contribution in [1.29, 1.82) is 0 Å². The second-order valence-electron chi connectivity index (χ2n) is 5.22. The summed E-state index contributed by atoms with van der Waals surface area (Å²) in [4.78, 5) is 13.3. The third kappa shape index (κ3) is 3.15. The van der Waals surface area contributed by atoms with Crippen LogP contribution in [0, 0.1) is 0 Å². The minimum Gasteiger partial charge on any atom is -0.289 e. The Labute approximate surface area is 140 Å². The van der Waals surface area contributed by atoms with Crippen molar-refractivity contribution in [2.75, 3.05) is 0 Å². The fraction of sp³-hybridized carbons (Fsp3) is 0.267. The molecule has 0 fully saturated rings. The number of carbonyl (C=O) groups excluding carboxylic acids is 1. The minimum atomic E-state index is -5.71. The Kier molecular flexibility index (Phi) is 4.35. The molecule has 0 saturated carbocycles. The Morgan fingerprint density at radius 3 is 2.62 bits per heavy atom. The van der Waals surface area contributed by atoms with Gasteiger partial charge in [0, 0.05) is 28.2 Å². The van der Waals surface area contributed by atoms with Gasteiger partial charge in [-0.15, -0.1) is 11.8 Å². The first kappa shape index (κ1) is 17.2. The van der Waals surface area contributed by atoms with Crippen LogP contribution in [0.2, 0.25) is 0 Å². The SMILES string of the molecule is O=C1C2=C(C=CC(OS(=O)(=O)C(F)(F)F)C2)SCc2ccccc21. The fourth-order valence-electron chi connectivity index (χ4n) is 2.47. The Balaban J connectivity index is 1.87. The summed E-state index contributed by atoms with van der Waals surface area (Å²) >= 11 is 1.38. The smallest absolute Gasteiger partial charge is 0.289 e. The van der Waals surface area contributed by atoms with Crippen LogP contribution in [0.3, 0.4) is 0 Å². The lowest BCUT2D eigenvalue weighted by atomic mass is 9.93. The molecule has 0 bridgehead atoms. The Morgan fingerprint density at radius 2 is 1.92 bits per heavy atom. The van der Waals surface area contributed by atoms with Gasteiger partial charge in [-0.25, -0.2) is 0 Å². The van der Waals surface area contributed by atoms with Gasteiger partial charge in [0.15, 0.2) is 5.78 Å². The fourth-order valence-corrected chi connectivity index (χ4v) is 4.13. The summed E-state index contributed by atoms with van der Waals surface area (Å²) in [6.45, 7) is 0. The molecule has 0 amide bonds. The van der Waals surface area contributed by atoms with Crippen molar-refractivity contribution in [3.05, 3.63) is 58.0 Å². The number of Topliss-reactive ketones (excluding diaryl/α,β-unsaturated/α-hetero) is 1. The number of fused-ring (bicyclic) bond motifs is 1. The third-order valence-corrected chi connectivity index (χ3v) is 5.83. The van der Waals surface area contributed by atoms with Crippen LogP contribution in [-0.2, 0) is 20.1 Å². The van der Waals surface area contributed by atoms with E-state index in [1.54, 1.807) is 18.2 Å². The van der Waals surface area contributed by atoms with Crippen LogP contribution in [0.5, 0.6) is 0 Å². The number of alkyl halides is 3. The van der Waals surface area contributed by atoms with Gasteiger partial charge in [-0.2, -0.15) is 21.6 Å². The molecule has 2 aliphatic rings. The largest absolute Gasteiger partial charge is 0.523 e. The third-order valence-electron chi connectivity index (χ3n) is 3.62. The first-order valence-electron chi connectivity index (χ1n) is 6.85. The standard InChI is InChI=1S/C15H11F3O4S2/c16-15(17,18)24(20,21)22-10-5-6-13-12(7-10)14(19)11-4-2-1-3-9(11)8-23-13/h1-6,10H,7-8H2. The molecule has 1 aliphatic carbocycles. The number of hydrogen-bond donors (Lipinski definition) is 0. The highest BCUT2D eigenvalue weighted by Crippen LogP contribution is 2.38. The van der Waals surface area contributed by atoms with E-state index in [9.17, 15) is 26.4 Å². The van der Waals surface area contributed by atoms with Gasteiger partial charge in [0.25, 0.3) is 0 Å². The van der Waals surface area contributed by atoms with Gasteiger partial charge in [-0.3, -0.25) is 8.98 Å². The highest BCUT2D eigenvalue weighted by molar-refractivity contribution is 8.02. The van der Waals surface area contributed by atoms with Crippen molar-refractivity contribution in [1.82, 2.24) is 0 Å². The van der Waals surface area contributed by atoms with Crippen LogP contribution in [0.1, 0.15) is 22.3 Å². The number of hydrogen-bond acceptors (Lipinski definition) is 5. The monoisotopic (exact) mass is 376 g/mol. The first-order chi connectivity index (χ1) is 11.2. The van der Waals surface area contributed by atoms with Gasteiger partial charge >= 0.3 is 15.6 Å². The van der Waals surface area contributed by atoms with Gasteiger partial charge in [-0.1, -0.05) is 30.3 Å². The lowest BCUT2D eigenvalue weighted by molar-refractivity contribution is -0.0559. The van der Waals surface area contributed by atoms with Gasteiger partial charge in [0.1, 0.15) is 6.10 Å². The van der Waals surface area contributed by atoms with Gasteiger partial charge in [0.05, 0.1) is 0 Å². The molecule has 0 aromatic heterocycles. The topological polar surface area (TPSA) is 60.4 Å². The second-order valence-corrected chi connectivity index (χ2v) is 7.80. The maximum absolute atomic E-state index is 12.6. The number of ketones is 1. The van der Waals surface area contributed by atoms with Crippen molar-refractivity contribution < 1.29 is 30.6 Å². The number of allylic oxidation sites excluding steroid dienone is 1. The van der Waals surface area contributed by atoms with Crippen molar-refractivity contribution in [3.63, 3.8) is 0 Å². The zero-order chi connectivity index (χ0) is 17.5. The normalized spacial score (nSPS) is 21.3. The summed E-state index contributed by atoms with van der Waals surface area (Å²) in [5, 5.41) is 0. The maximum Gasteiger partial charge on any atom is 0.523 e. The van der Waals surface area contributed by atoms with E-state index in [0.29, 0.717) is 16.2 Å². The Bertz CT molecular complexity index is 854. The lowest BCUT2D eigenvalue weighted by Crippen LogP contribution is -2.30. The van der Waals surface area contributed by atoms with E-state index in [-0.39, 0.29) is 17.8 Å². The number of thioether (sulfide) groups is 1. The number of carbonyl (C=O) groups is 1. The average Bonchev–Trinajstić information content (AvgIpc) is 2.64. The molecule has 128 valence electrons. The van der Waals surface area contributed by atoms with Gasteiger partial charge < -0.3 is 0 Å². The Morgan fingerprint density at radius 1 is 1.21 bits per heavy atom. The molecular weight excluding hydrogens is 365 g/mol. The molecular formula is C15H11F3O4S2. The second kappa shape index (κ2) is 6.05. The van der Waals surface area contributed by atoms with E-state index in [1.165, 1.54) is 23.9 Å². The zero-order valence-corrected chi connectivity index (χ0v) is 13.7. The zero-order valence-electron chi connectivity index (χ0n) is 12.0. The van der Waals surface area contributed by atoms with Crippen molar-refractivity contribution in [2.24, 2.45) is 0 Å². The number of benzene rings is 1. The van der Waals surface area contributed by atoms with E-state index in [0.717, 1.165) is 5.56 Å². The van der Waals surface area contributed by atoms with Crippen LogP contribution in [0.15, 0.2) is 46.9 Å². The van der Waals surface area contributed by atoms with Crippen LogP contribution in [0.25, 0.3) is 0 Å². The first-order valence-corrected chi connectivity index (χ1v) is 9.25. The van der Waals surface area contributed by atoms with E-state index >= 15 is 0 Å². The Hall–Kier alpha value is -1.58.